The molecule has 3 N–H and O–H groups in total. The number of hydrogen-bond acceptors (Lipinski definition) is 9. The predicted molar refractivity (Wildman–Crippen MR) is 186 cm³/mol. The number of carboxylic acids is 1. The third-order valence-corrected chi connectivity index (χ3v) is 7.57. The molecule has 0 bridgehead atoms. The van der Waals surface area contributed by atoms with Crippen LogP contribution in [-0.2, 0) is 42.9 Å². The molecule has 12 heteroatoms. The fraction of sp³-hybridized carbons (Fsp3) is 0.889. The van der Waals surface area contributed by atoms with E-state index in [9.17, 15) is 19.2 Å². The molecule has 282 valence electrons. The van der Waals surface area contributed by atoms with Gasteiger partial charge in [-0.1, -0.05) is 90.4 Å². The fourth-order valence-electron chi connectivity index (χ4n) is 4.80. The maximum Gasteiger partial charge on any atom is 0.329 e. The number of hydrogen-bond donors (Lipinski definition) is 3. The SMILES string of the molecule is CCCCOC(=O)CCCCCCCCCCCCCCCCC(=O)NCCCOCCOCCOCCCNC(=O)COCC(=O)O. The summed E-state index contributed by atoms with van der Waals surface area (Å²) in [5.74, 6) is -1.38. The first-order valence-electron chi connectivity index (χ1n) is 18.7. The molecule has 0 saturated heterocycles. The maximum absolute atomic E-state index is 12.0. The zero-order valence-corrected chi connectivity index (χ0v) is 30.0. The lowest BCUT2D eigenvalue weighted by atomic mass is 10.0. The van der Waals surface area contributed by atoms with Crippen molar-refractivity contribution in [2.75, 3.05) is 72.6 Å². The van der Waals surface area contributed by atoms with Gasteiger partial charge in [0.2, 0.25) is 11.8 Å². The van der Waals surface area contributed by atoms with E-state index < -0.39 is 12.6 Å². The zero-order valence-electron chi connectivity index (χ0n) is 30.0. The summed E-state index contributed by atoms with van der Waals surface area (Å²) >= 11 is 0. The number of aliphatic carboxylic acids is 1. The summed E-state index contributed by atoms with van der Waals surface area (Å²) in [6, 6.07) is 0. The van der Waals surface area contributed by atoms with Gasteiger partial charge in [-0.25, -0.2) is 4.79 Å². The van der Waals surface area contributed by atoms with Crippen molar-refractivity contribution in [2.45, 2.75) is 135 Å². The van der Waals surface area contributed by atoms with Crippen LogP contribution in [0.4, 0.5) is 0 Å². The van der Waals surface area contributed by atoms with Gasteiger partial charge in [0.1, 0.15) is 13.2 Å². The Labute approximate surface area is 290 Å². The molecule has 0 aromatic rings. The van der Waals surface area contributed by atoms with E-state index in [1.54, 1.807) is 0 Å². The first kappa shape index (κ1) is 45.7. The lowest BCUT2D eigenvalue weighted by Crippen LogP contribution is -2.30. The molecule has 0 radical (unpaired) electrons. The van der Waals surface area contributed by atoms with Crippen LogP contribution in [0.5, 0.6) is 0 Å². The van der Waals surface area contributed by atoms with Gasteiger partial charge in [-0.15, -0.1) is 0 Å². The average Bonchev–Trinajstić information content (AvgIpc) is 3.06. The predicted octanol–water partition coefficient (Wildman–Crippen LogP) is 5.73. The van der Waals surface area contributed by atoms with Crippen molar-refractivity contribution < 1.29 is 48.0 Å². The van der Waals surface area contributed by atoms with Crippen LogP contribution in [0.25, 0.3) is 0 Å². The molecular weight excluding hydrogens is 620 g/mol. The highest BCUT2D eigenvalue weighted by Crippen LogP contribution is 2.14. The van der Waals surface area contributed by atoms with Crippen molar-refractivity contribution in [3.63, 3.8) is 0 Å². The normalized spacial score (nSPS) is 11.0. The molecule has 2 amide bonds. The van der Waals surface area contributed by atoms with Crippen LogP contribution in [0, 0.1) is 0 Å². The Hall–Kier alpha value is -2.28. The van der Waals surface area contributed by atoms with E-state index in [1.165, 1.54) is 64.2 Å². The number of esters is 1. The number of carboxylic acid groups (broad SMARTS) is 1. The minimum Gasteiger partial charge on any atom is -0.480 e. The van der Waals surface area contributed by atoms with Crippen molar-refractivity contribution in [1.82, 2.24) is 10.6 Å². The smallest absolute Gasteiger partial charge is 0.329 e. The standard InChI is InChI=1S/C36H68N2O10/c1-2-3-26-48-36(43)21-17-15-13-11-9-7-5-4-6-8-10-12-14-16-20-33(39)37-22-18-24-44-27-29-46-30-28-45-25-19-23-38-34(40)31-47-32-35(41)42/h2-32H2,1H3,(H,37,39)(H,38,40)(H,41,42). The molecule has 0 aliphatic heterocycles. The van der Waals surface area contributed by atoms with Gasteiger partial charge in [0.15, 0.2) is 0 Å². The van der Waals surface area contributed by atoms with E-state index in [1.807, 2.05) is 0 Å². The van der Waals surface area contributed by atoms with Crippen molar-refractivity contribution in [2.24, 2.45) is 0 Å². The van der Waals surface area contributed by atoms with E-state index in [0.717, 1.165) is 44.9 Å². The molecule has 12 nitrogen and oxygen atoms in total. The summed E-state index contributed by atoms with van der Waals surface area (Å²) in [6.07, 6.45) is 21.6. The summed E-state index contributed by atoms with van der Waals surface area (Å²) in [5, 5.41) is 14.0. The molecule has 0 heterocycles. The number of amides is 2. The van der Waals surface area contributed by atoms with Gasteiger partial charge in [0, 0.05) is 39.1 Å². The molecule has 0 rings (SSSR count). The number of nitrogens with one attached hydrogen (secondary N) is 2. The Kier molecular flexibility index (Phi) is 35.8. The Morgan fingerprint density at radius 1 is 0.458 bits per heavy atom. The number of unbranched alkanes of at least 4 members (excludes halogenated alkanes) is 14. The van der Waals surface area contributed by atoms with Gasteiger partial charge in [0.05, 0.1) is 33.0 Å². The minimum absolute atomic E-state index is 0.0361. The Balaban J connectivity index is 3.23. The third kappa shape index (κ3) is 38.2. The van der Waals surface area contributed by atoms with E-state index in [0.29, 0.717) is 78.6 Å². The van der Waals surface area contributed by atoms with Gasteiger partial charge in [-0.3, -0.25) is 14.4 Å². The molecule has 0 saturated carbocycles. The van der Waals surface area contributed by atoms with Crippen LogP contribution in [0.2, 0.25) is 0 Å². The van der Waals surface area contributed by atoms with Gasteiger partial charge in [0.25, 0.3) is 0 Å². The molecule has 0 fully saturated rings. The third-order valence-electron chi connectivity index (χ3n) is 7.57. The van der Waals surface area contributed by atoms with E-state index in [2.05, 4.69) is 17.6 Å². The van der Waals surface area contributed by atoms with Crippen LogP contribution < -0.4 is 10.6 Å². The molecule has 0 aromatic heterocycles. The van der Waals surface area contributed by atoms with E-state index in [4.69, 9.17) is 28.8 Å². The Bertz CT molecular complexity index is 769. The molecule has 48 heavy (non-hydrogen) atoms. The highest BCUT2D eigenvalue weighted by molar-refractivity contribution is 5.77. The second-order valence-electron chi connectivity index (χ2n) is 12.2. The summed E-state index contributed by atoms with van der Waals surface area (Å²) in [6.45, 7) is 5.88. The molecular formula is C36H68N2O10. The second-order valence-corrected chi connectivity index (χ2v) is 12.2. The van der Waals surface area contributed by atoms with Crippen molar-refractivity contribution in [3.8, 4) is 0 Å². The van der Waals surface area contributed by atoms with Crippen LogP contribution in [-0.4, -0.2) is 101 Å². The van der Waals surface area contributed by atoms with Gasteiger partial charge in [-0.2, -0.15) is 0 Å². The topological polar surface area (TPSA) is 159 Å². The number of rotatable bonds is 38. The van der Waals surface area contributed by atoms with E-state index >= 15 is 0 Å². The molecule has 0 aliphatic rings. The quantitative estimate of drug-likeness (QED) is 0.0540. The Morgan fingerprint density at radius 3 is 1.38 bits per heavy atom. The molecule has 0 unspecified atom stereocenters. The van der Waals surface area contributed by atoms with Crippen LogP contribution in [0.1, 0.15) is 135 Å². The summed E-state index contributed by atoms with van der Waals surface area (Å²) in [5.41, 5.74) is 0. The summed E-state index contributed by atoms with van der Waals surface area (Å²) in [7, 11) is 0. The maximum atomic E-state index is 12.0. The molecule has 0 aromatic carbocycles. The summed E-state index contributed by atoms with van der Waals surface area (Å²) < 4.78 is 26.3. The van der Waals surface area contributed by atoms with Gasteiger partial charge < -0.3 is 39.4 Å². The minimum atomic E-state index is -1.11. The average molecular weight is 689 g/mol. The zero-order chi connectivity index (χ0) is 35.2. The van der Waals surface area contributed by atoms with Crippen LogP contribution in [0.3, 0.4) is 0 Å². The first-order valence-corrected chi connectivity index (χ1v) is 18.7. The highest BCUT2D eigenvalue weighted by Gasteiger charge is 2.04. The summed E-state index contributed by atoms with van der Waals surface area (Å²) in [4.78, 5) is 45.3. The lowest BCUT2D eigenvalue weighted by Gasteiger charge is -2.08. The van der Waals surface area contributed by atoms with Gasteiger partial charge >= 0.3 is 11.9 Å². The van der Waals surface area contributed by atoms with Gasteiger partial charge in [-0.05, 0) is 32.1 Å². The van der Waals surface area contributed by atoms with Crippen molar-refractivity contribution in [3.05, 3.63) is 0 Å². The highest BCUT2D eigenvalue weighted by atomic mass is 16.5. The van der Waals surface area contributed by atoms with Crippen LogP contribution in [0.15, 0.2) is 0 Å². The van der Waals surface area contributed by atoms with E-state index in [-0.39, 0.29) is 24.4 Å². The lowest BCUT2D eigenvalue weighted by molar-refractivity contribution is -0.144. The Morgan fingerprint density at radius 2 is 0.896 bits per heavy atom. The van der Waals surface area contributed by atoms with Crippen molar-refractivity contribution in [1.29, 1.82) is 0 Å². The van der Waals surface area contributed by atoms with Crippen LogP contribution >= 0.6 is 0 Å². The molecule has 0 aliphatic carbocycles. The number of carbonyl (C=O) groups is 4. The van der Waals surface area contributed by atoms with Crippen molar-refractivity contribution >= 4 is 23.8 Å². The monoisotopic (exact) mass is 688 g/mol. The largest absolute Gasteiger partial charge is 0.480 e. The first-order chi connectivity index (χ1) is 23.5. The fourth-order valence-corrected chi connectivity index (χ4v) is 4.80. The molecule has 0 spiro atoms. The molecule has 0 atom stereocenters. The number of carbonyl (C=O) groups excluding carboxylic acids is 3. The second kappa shape index (κ2) is 37.5. The number of ether oxygens (including phenoxy) is 5.